The van der Waals surface area contributed by atoms with Gasteiger partial charge in [-0.1, -0.05) is 19.1 Å². The van der Waals surface area contributed by atoms with Crippen molar-refractivity contribution in [2.24, 2.45) is 0 Å². The van der Waals surface area contributed by atoms with Crippen molar-refractivity contribution in [2.45, 2.75) is 20.3 Å². The Balaban J connectivity index is 2.47. The predicted octanol–water partition coefficient (Wildman–Crippen LogP) is 2.88. The molecule has 4 heteroatoms. The van der Waals surface area contributed by atoms with Gasteiger partial charge in [-0.2, -0.15) is 11.8 Å². The summed E-state index contributed by atoms with van der Waals surface area (Å²) in [6, 6.07) is 5.41. The van der Waals surface area contributed by atoms with E-state index in [2.05, 4.69) is 6.92 Å². The summed E-state index contributed by atoms with van der Waals surface area (Å²) < 4.78 is 5.20. The van der Waals surface area contributed by atoms with Crippen LogP contribution in [-0.4, -0.2) is 24.1 Å². The van der Waals surface area contributed by atoms with Crippen molar-refractivity contribution in [1.82, 2.24) is 0 Å². The third kappa shape index (κ3) is 4.30. The van der Waals surface area contributed by atoms with Crippen LogP contribution in [0.5, 0.6) is 0 Å². The summed E-state index contributed by atoms with van der Waals surface area (Å²) in [6.45, 7) is 4.43. The standard InChI is InChI=1S/C13H19NO2S/c1-3-17-9-5-8-16-13(15)12-10(2)6-4-7-11(12)14/h4,6-7H,3,5,8-9,14H2,1-2H3. The Bertz CT molecular complexity index is 359. The average Bonchev–Trinajstić information content (AvgIpc) is 2.28. The zero-order valence-corrected chi connectivity index (χ0v) is 11.2. The third-order valence-electron chi connectivity index (χ3n) is 2.38. The molecular formula is C13H19NO2S. The second kappa shape index (κ2) is 7.22. The van der Waals surface area contributed by atoms with Crippen molar-refractivity contribution in [3.8, 4) is 0 Å². The molecule has 0 amide bonds. The van der Waals surface area contributed by atoms with Gasteiger partial charge in [-0.05, 0) is 36.5 Å². The number of benzene rings is 1. The van der Waals surface area contributed by atoms with Gasteiger partial charge in [0.1, 0.15) is 0 Å². The highest BCUT2D eigenvalue weighted by Gasteiger charge is 2.13. The monoisotopic (exact) mass is 253 g/mol. The van der Waals surface area contributed by atoms with Gasteiger partial charge in [0.2, 0.25) is 0 Å². The van der Waals surface area contributed by atoms with Gasteiger partial charge in [0.05, 0.1) is 12.2 Å². The lowest BCUT2D eigenvalue weighted by atomic mass is 10.1. The van der Waals surface area contributed by atoms with Crippen molar-refractivity contribution < 1.29 is 9.53 Å². The highest BCUT2D eigenvalue weighted by atomic mass is 32.2. The lowest BCUT2D eigenvalue weighted by molar-refractivity contribution is 0.0507. The second-order valence-corrected chi connectivity index (χ2v) is 5.12. The first-order valence-electron chi connectivity index (χ1n) is 5.76. The van der Waals surface area contributed by atoms with Crippen LogP contribution in [0, 0.1) is 6.92 Å². The summed E-state index contributed by atoms with van der Waals surface area (Å²) in [7, 11) is 0. The van der Waals surface area contributed by atoms with Crippen LogP contribution < -0.4 is 5.73 Å². The maximum Gasteiger partial charge on any atom is 0.340 e. The smallest absolute Gasteiger partial charge is 0.340 e. The SMILES string of the molecule is CCSCCCOC(=O)c1c(C)cccc1N. The molecule has 0 heterocycles. The first kappa shape index (κ1) is 13.9. The van der Waals surface area contributed by atoms with E-state index in [0.717, 1.165) is 23.5 Å². The Hall–Kier alpha value is -1.16. The molecule has 0 fully saturated rings. The van der Waals surface area contributed by atoms with E-state index in [0.29, 0.717) is 17.9 Å². The van der Waals surface area contributed by atoms with Gasteiger partial charge < -0.3 is 10.5 Å². The number of thioether (sulfide) groups is 1. The Labute approximate surface area is 107 Å². The largest absolute Gasteiger partial charge is 0.462 e. The average molecular weight is 253 g/mol. The van der Waals surface area contributed by atoms with E-state index in [-0.39, 0.29) is 5.97 Å². The van der Waals surface area contributed by atoms with Crippen LogP contribution in [0.25, 0.3) is 0 Å². The number of aryl methyl sites for hydroxylation is 1. The van der Waals surface area contributed by atoms with Gasteiger partial charge in [0.15, 0.2) is 0 Å². The topological polar surface area (TPSA) is 52.3 Å². The van der Waals surface area contributed by atoms with E-state index in [9.17, 15) is 4.79 Å². The number of carbonyl (C=O) groups is 1. The normalized spacial score (nSPS) is 10.2. The zero-order valence-electron chi connectivity index (χ0n) is 10.4. The summed E-state index contributed by atoms with van der Waals surface area (Å²) in [4.78, 5) is 11.8. The maximum absolute atomic E-state index is 11.8. The lowest BCUT2D eigenvalue weighted by Crippen LogP contribution is -2.11. The van der Waals surface area contributed by atoms with E-state index in [4.69, 9.17) is 10.5 Å². The highest BCUT2D eigenvalue weighted by molar-refractivity contribution is 7.99. The molecule has 0 aliphatic carbocycles. The Morgan fingerprint density at radius 1 is 1.47 bits per heavy atom. The molecule has 0 aromatic heterocycles. The van der Waals surface area contributed by atoms with Gasteiger partial charge in [-0.15, -0.1) is 0 Å². The second-order valence-electron chi connectivity index (χ2n) is 3.73. The van der Waals surface area contributed by atoms with Crippen molar-refractivity contribution in [2.75, 3.05) is 23.8 Å². The van der Waals surface area contributed by atoms with Crippen LogP contribution in [0.4, 0.5) is 5.69 Å². The van der Waals surface area contributed by atoms with Crippen molar-refractivity contribution >= 4 is 23.4 Å². The minimum atomic E-state index is -0.318. The van der Waals surface area contributed by atoms with Crippen LogP contribution in [0.3, 0.4) is 0 Å². The lowest BCUT2D eigenvalue weighted by Gasteiger charge is -2.09. The van der Waals surface area contributed by atoms with Gasteiger partial charge in [0, 0.05) is 5.69 Å². The molecule has 94 valence electrons. The summed E-state index contributed by atoms with van der Waals surface area (Å²) in [6.07, 6.45) is 0.885. The van der Waals surface area contributed by atoms with E-state index in [1.54, 1.807) is 6.07 Å². The third-order valence-corrected chi connectivity index (χ3v) is 3.37. The van der Waals surface area contributed by atoms with Crippen LogP contribution >= 0.6 is 11.8 Å². The summed E-state index contributed by atoms with van der Waals surface area (Å²) >= 11 is 1.85. The fourth-order valence-corrected chi connectivity index (χ4v) is 2.12. The minimum absolute atomic E-state index is 0.318. The first-order valence-corrected chi connectivity index (χ1v) is 6.92. The van der Waals surface area contributed by atoms with Gasteiger partial charge >= 0.3 is 5.97 Å². The molecule has 0 saturated carbocycles. The molecule has 2 N–H and O–H groups in total. The number of nitrogen functional groups attached to an aromatic ring is 1. The molecule has 0 bridgehead atoms. The number of ether oxygens (including phenoxy) is 1. The number of esters is 1. The molecular weight excluding hydrogens is 234 g/mol. The summed E-state index contributed by atoms with van der Waals surface area (Å²) in [5, 5.41) is 0. The number of nitrogens with two attached hydrogens (primary N) is 1. The van der Waals surface area contributed by atoms with E-state index >= 15 is 0 Å². The zero-order chi connectivity index (χ0) is 12.7. The van der Waals surface area contributed by atoms with Gasteiger partial charge in [0.25, 0.3) is 0 Å². The van der Waals surface area contributed by atoms with Gasteiger partial charge in [-0.25, -0.2) is 4.79 Å². The van der Waals surface area contributed by atoms with Crippen molar-refractivity contribution in [3.05, 3.63) is 29.3 Å². The van der Waals surface area contributed by atoms with Crippen molar-refractivity contribution in [3.63, 3.8) is 0 Å². The Morgan fingerprint density at radius 2 is 2.24 bits per heavy atom. The number of anilines is 1. The Morgan fingerprint density at radius 3 is 2.88 bits per heavy atom. The molecule has 0 unspecified atom stereocenters. The van der Waals surface area contributed by atoms with Crippen LogP contribution in [0.2, 0.25) is 0 Å². The summed E-state index contributed by atoms with van der Waals surface area (Å²) in [5.74, 6) is 1.80. The van der Waals surface area contributed by atoms with E-state index in [1.807, 2.05) is 30.8 Å². The number of rotatable bonds is 6. The summed E-state index contributed by atoms with van der Waals surface area (Å²) in [5.41, 5.74) is 7.61. The molecule has 17 heavy (non-hydrogen) atoms. The van der Waals surface area contributed by atoms with Crippen LogP contribution in [0.15, 0.2) is 18.2 Å². The number of hydrogen-bond acceptors (Lipinski definition) is 4. The van der Waals surface area contributed by atoms with Crippen molar-refractivity contribution in [1.29, 1.82) is 0 Å². The maximum atomic E-state index is 11.8. The molecule has 0 aliphatic heterocycles. The molecule has 1 rings (SSSR count). The first-order chi connectivity index (χ1) is 8.16. The molecule has 3 nitrogen and oxygen atoms in total. The molecule has 0 saturated heterocycles. The highest BCUT2D eigenvalue weighted by Crippen LogP contribution is 2.17. The fourth-order valence-electron chi connectivity index (χ4n) is 1.51. The van der Waals surface area contributed by atoms with Gasteiger partial charge in [-0.3, -0.25) is 0 Å². The molecule has 1 aromatic carbocycles. The fraction of sp³-hybridized carbons (Fsp3) is 0.462. The van der Waals surface area contributed by atoms with E-state index < -0.39 is 0 Å². The molecule has 0 aliphatic rings. The molecule has 1 aromatic rings. The Kier molecular flexibility index (Phi) is 5.91. The number of carbonyl (C=O) groups excluding carboxylic acids is 1. The molecule has 0 radical (unpaired) electrons. The number of hydrogen-bond donors (Lipinski definition) is 1. The van der Waals surface area contributed by atoms with Crippen LogP contribution in [0.1, 0.15) is 29.3 Å². The van der Waals surface area contributed by atoms with E-state index in [1.165, 1.54) is 0 Å². The quantitative estimate of drug-likeness (QED) is 0.481. The molecule has 0 atom stereocenters. The predicted molar refractivity (Wildman–Crippen MR) is 73.5 cm³/mol. The minimum Gasteiger partial charge on any atom is -0.462 e. The molecule has 0 spiro atoms. The van der Waals surface area contributed by atoms with Crippen LogP contribution in [-0.2, 0) is 4.74 Å².